The summed E-state index contributed by atoms with van der Waals surface area (Å²) in [5, 5.41) is 10.7. The maximum Gasteiger partial charge on any atom is 0.311 e. The van der Waals surface area contributed by atoms with Crippen LogP contribution in [-0.2, 0) is 19.1 Å². The largest absolute Gasteiger partial charge is 0.469 e. The van der Waals surface area contributed by atoms with Crippen LogP contribution >= 0.6 is 0 Å². The molecule has 2 unspecified atom stereocenters. The fourth-order valence-corrected chi connectivity index (χ4v) is 5.28. The van der Waals surface area contributed by atoms with Gasteiger partial charge in [0.05, 0.1) is 30.7 Å². The Kier molecular flexibility index (Phi) is 2.53. The molecule has 0 spiro atoms. The van der Waals surface area contributed by atoms with E-state index in [2.05, 4.69) is 0 Å². The molecule has 0 radical (unpaired) electrons. The quantitative estimate of drug-likeness (QED) is 0.757. The highest BCUT2D eigenvalue weighted by atomic mass is 16.5. The molecule has 5 heteroatoms. The third-order valence-corrected chi connectivity index (χ3v) is 5.28. The van der Waals surface area contributed by atoms with Gasteiger partial charge in [0.25, 0.3) is 0 Å². The van der Waals surface area contributed by atoms with E-state index in [0.717, 1.165) is 12.8 Å². The normalized spacial score (nSPS) is 47.0. The fraction of sp³-hybridized carbons (Fsp3) is 0.857. The van der Waals surface area contributed by atoms with Gasteiger partial charge in [-0.15, -0.1) is 0 Å². The zero-order chi connectivity index (χ0) is 13.9. The Hall–Kier alpha value is -1.10. The Bertz CT molecular complexity index is 411. The highest BCUT2D eigenvalue weighted by Crippen LogP contribution is 2.67. The van der Waals surface area contributed by atoms with Gasteiger partial charge in [-0.2, -0.15) is 0 Å². The van der Waals surface area contributed by atoms with Gasteiger partial charge in [-0.3, -0.25) is 9.59 Å². The molecule has 0 aromatic rings. The van der Waals surface area contributed by atoms with Crippen LogP contribution in [0.1, 0.15) is 38.5 Å². The molecule has 1 N–H and O–H groups in total. The minimum atomic E-state index is -0.915. The Balaban J connectivity index is 2.04. The summed E-state index contributed by atoms with van der Waals surface area (Å²) in [6.45, 7) is 0. The Morgan fingerprint density at radius 1 is 0.947 bits per heavy atom. The average Bonchev–Trinajstić information content (AvgIpc) is 2.33. The molecule has 2 atom stereocenters. The molecular formula is C14H20O5. The van der Waals surface area contributed by atoms with Crippen LogP contribution in [0.25, 0.3) is 0 Å². The van der Waals surface area contributed by atoms with E-state index in [1.807, 2.05) is 0 Å². The van der Waals surface area contributed by atoms with E-state index in [1.54, 1.807) is 0 Å². The average molecular weight is 268 g/mol. The van der Waals surface area contributed by atoms with E-state index in [-0.39, 0.29) is 17.9 Å². The highest BCUT2D eigenvalue weighted by molar-refractivity contribution is 5.83. The lowest BCUT2D eigenvalue weighted by Gasteiger charge is -2.62. The fourth-order valence-electron chi connectivity index (χ4n) is 5.28. The summed E-state index contributed by atoms with van der Waals surface area (Å²) in [7, 11) is 2.74. The lowest BCUT2D eigenvalue weighted by Crippen LogP contribution is -2.64. The number of carbonyl (C=O) groups excluding carboxylic acids is 2. The van der Waals surface area contributed by atoms with Gasteiger partial charge in [0, 0.05) is 0 Å². The zero-order valence-corrected chi connectivity index (χ0v) is 11.4. The van der Waals surface area contributed by atoms with Gasteiger partial charge in [0.15, 0.2) is 0 Å². The molecule has 5 nitrogen and oxygen atoms in total. The Morgan fingerprint density at radius 3 is 1.79 bits per heavy atom. The van der Waals surface area contributed by atoms with Crippen molar-refractivity contribution in [3.8, 4) is 0 Å². The molecule has 0 aromatic heterocycles. The first-order valence-corrected chi connectivity index (χ1v) is 6.76. The van der Waals surface area contributed by atoms with Gasteiger partial charge in [-0.1, -0.05) is 0 Å². The second-order valence-corrected chi connectivity index (χ2v) is 6.78. The predicted molar refractivity (Wildman–Crippen MR) is 65.0 cm³/mol. The van der Waals surface area contributed by atoms with Crippen LogP contribution in [0.15, 0.2) is 0 Å². The molecule has 4 fully saturated rings. The predicted octanol–water partition coefficient (Wildman–Crippen LogP) is 1.03. The number of carbonyl (C=O) groups is 2. The number of hydrogen-bond acceptors (Lipinski definition) is 5. The van der Waals surface area contributed by atoms with Crippen molar-refractivity contribution in [3.05, 3.63) is 0 Å². The summed E-state index contributed by atoms with van der Waals surface area (Å²) in [5.41, 5.74) is -2.31. The summed E-state index contributed by atoms with van der Waals surface area (Å²) >= 11 is 0. The molecule has 4 rings (SSSR count). The van der Waals surface area contributed by atoms with Crippen molar-refractivity contribution in [1.29, 1.82) is 0 Å². The van der Waals surface area contributed by atoms with Gasteiger partial charge in [0.1, 0.15) is 0 Å². The number of ether oxygens (including phenoxy) is 2. The molecule has 4 aliphatic carbocycles. The minimum absolute atomic E-state index is 0.208. The first kappa shape index (κ1) is 12.9. The molecule has 0 amide bonds. The summed E-state index contributed by atoms with van der Waals surface area (Å²) in [4.78, 5) is 24.4. The van der Waals surface area contributed by atoms with Gasteiger partial charge < -0.3 is 14.6 Å². The van der Waals surface area contributed by atoms with Crippen molar-refractivity contribution in [2.24, 2.45) is 16.7 Å². The minimum Gasteiger partial charge on any atom is -0.469 e. The van der Waals surface area contributed by atoms with Gasteiger partial charge in [-0.05, 0) is 44.4 Å². The van der Waals surface area contributed by atoms with Crippen LogP contribution in [0.5, 0.6) is 0 Å². The second kappa shape index (κ2) is 3.72. The van der Waals surface area contributed by atoms with Crippen molar-refractivity contribution >= 4 is 11.9 Å². The van der Waals surface area contributed by atoms with Crippen LogP contribution in [0.2, 0.25) is 0 Å². The molecule has 19 heavy (non-hydrogen) atoms. The number of hydrogen-bond donors (Lipinski definition) is 1. The molecule has 0 saturated heterocycles. The molecule has 4 aliphatic rings. The highest BCUT2D eigenvalue weighted by Gasteiger charge is 2.68. The lowest BCUT2D eigenvalue weighted by atomic mass is 9.42. The van der Waals surface area contributed by atoms with Crippen molar-refractivity contribution in [2.75, 3.05) is 14.2 Å². The lowest BCUT2D eigenvalue weighted by molar-refractivity contribution is -0.222. The van der Waals surface area contributed by atoms with Crippen molar-refractivity contribution in [1.82, 2.24) is 0 Å². The van der Waals surface area contributed by atoms with Crippen LogP contribution < -0.4 is 0 Å². The monoisotopic (exact) mass is 268 g/mol. The third kappa shape index (κ3) is 1.64. The SMILES string of the molecule is COC(=O)C12CC3CC(O)(C1)CC(C(=O)OC)(C3)C2. The Morgan fingerprint density at radius 2 is 1.42 bits per heavy atom. The number of rotatable bonds is 2. The van der Waals surface area contributed by atoms with Crippen LogP contribution in [0.4, 0.5) is 0 Å². The van der Waals surface area contributed by atoms with E-state index in [1.165, 1.54) is 14.2 Å². The van der Waals surface area contributed by atoms with E-state index in [4.69, 9.17) is 9.47 Å². The molecule has 4 bridgehead atoms. The maximum absolute atomic E-state index is 12.2. The summed E-state index contributed by atoms with van der Waals surface area (Å²) in [6.07, 6.45) is 3.42. The second-order valence-electron chi connectivity index (χ2n) is 6.78. The number of aliphatic hydroxyl groups is 1. The summed E-state index contributed by atoms with van der Waals surface area (Å²) < 4.78 is 9.87. The standard InChI is InChI=1S/C14H20O5/c1-18-10(15)12-3-9-4-13(6-12,11(16)19-2)8-14(17,5-9)7-12/h9,17H,3-8H2,1-2H3. The van der Waals surface area contributed by atoms with Gasteiger partial charge >= 0.3 is 11.9 Å². The van der Waals surface area contributed by atoms with Gasteiger partial charge in [0.2, 0.25) is 0 Å². The molecule has 0 aliphatic heterocycles. The van der Waals surface area contributed by atoms with E-state index in [0.29, 0.717) is 25.7 Å². The zero-order valence-electron chi connectivity index (χ0n) is 11.4. The third-order valence-electron chi connectivity index (χ3n) is 5.28. The van der Waals surface area contributed by atoms with E-state index in [9.17, 15) is 14.7 Å². The van der Waals surface area contributed by atoms with Crippen molar-refractivity contribution < 1.29 is 24.2 Å². The number of methoxy groups -OCH3 is 2. The number of esters is 2. The first-order valence-electron chi connectivity index (χ1n) is 6.76. The molecule has 4 saturated carbocycles. The molecular weight excluding hydrogens is 248 g/mol. The smallest absolute Gasteiger partial charge is 0.311 e. The molecule has 0 heterocycles. The molecule has 0 aromatic carbocycles. The van der Waals surface area contributed by atoms with Crippen LogP contribution in [0.3, 0.4) is 0 Å². The topological polar surface area (TPSA) is 72.8 Å². The summed E-state index contributed by atoms with van der Waals surface area (Å²) in [5.74, 6) is -0.369. The van der Waals surface area contributed by atoms with E-state index >= 15 is 0 Å². The van der Waals surface area contributed by atoms with Crippen molar-refractivity contribution in [3.63, 3.8) is 0 Å². The van der Waals surface area contributed by atoms with E-state index < -0.39 is 16.4 Å². The van der Waals surface area contributed by atoms with Crippen molar-refractivity contribution in [2.45, 2.75) is 44.1 Å². The maximum atomic E-state index is 12.2. The van der Waals surface area contributed by atoms with Crippen LogP contribution in [-0.4, -0.2) is 36.9 Å². The molecule has 106 valence electrons. The van der Waals surface area contributed by atoms with Gasteiger partial charge in [-0.25, -0.2) is 0 Å². The summed E-state index contributed by atoms with van der Waals surface area (Å²) in [6, 6.07) is 0. The first-order chi connectivity index (χ1) is 8.87. The Labute approximate surface area is 112 Å². The van der Waals surface area contributed by atoms with Crippen LogP contribution in [0, 0.1) is 16.7 Å².